The van der Waals surface area contributed by atoms with Gasteiger partial charge in [-0.15, -0.1) is 6.04 Å². The maximum atomic E-state index is 6.58. The molecule has 0 heterocycles. The smallest absolute Gasteiger partial charge is 0.675 e. The first-order valence-electron chi connectivity index (χ1n) is 4.13. The minimum Gasteiger partial charge on any atom is -0.675 e. The summed E-state index contributed by atoms with van der Waals surface area (Å²) in [6.45, 7) is 3.67. The molecule has 0 radical (unpaired) electrons. The topological polar surface area (TPSA) is 66.1 Å². The number of nitrogens with one attached hydrogen (secondary N) is 1. The van der Waals surface area contributed by atoms with Gasteiger partial charge in [0.25, 0.3) is 0 Å². The Balaban J connectivity index is -0.0000000254. The Morgan fingerprint density at radius 2 is 0.714 bits per heavy atom. The van der Waals surface area contributed by atoms with E-state index in [1.54, 1.807) is 42.3 Å². The summed E-state index contributed by atoms with van der Waals surface area (Å²) in [4.78, 5) is 0. The predicted octanol–water partition coefficient (Wildman–Crippen LogP) is 3.30. The van der Waals surface area contributed by atoms with Crippen molar-refractivity contribution < 1.29 is 25.8 Å². The average Bonchev–Trinajstić information content (AvgIpc) is 1.88. The van der Waals surface area contributed by atoms with Gasteiger partial charge in [0.1, 0.15) is 0 Å². The van der Waals surface area contributed by atoms with Crippen molar-refractivity contribution in [2.75, 3.05) is 42.3 Å². The third-order valence-corrected chi connectivity index (χ3v) is 0. The van der Waals surface area contributed by atoms with Gasteiger partial charge in [-0.1, -0.05) is 13.8 Å². The van der Waals surface area contributed by atoms with E-state index in [-0.39, 0.29) is 31.9 Å². The van der Waals surface area contributed by atoms with Crippen LogP contribution in [-0.4, -0.2) is 48.3 Å². The van der Waals surface area contributed by atoms with E-state index >= 15 is 0 Å². The molecule has 0 spiro atoms. The van der Waals surface area contributed by atoms with Gasteiger partial charge >= 0.3 is 25.8 Å². The van der Waals surface area contributed by atoms with Crippen molar-refractivity contribution in [2.45, 2.75) is 19.9 Å². The molecule has 0 bridgehead atoms. The van der Waals surface area contributed by atoms with Crippen LogP contribution < -0.4 is 0 Å². The Morgan fingerprint density at radius 3 is 0.714 bits per heavy atom. The normalized spacial score (nSPS) is 6.43. The van der Waals surface area contributed by atoms with E-state index in [9.17, 15) is 0 Å². The zero-order valence-corrected chi connectivity index (χ0v) is 14.5. The molecule has 0 unspecified atom stereocenters. The molecule has 4 nitrogen and oxygen atoms in total. The maximum absolute atomic E-state index is 6.58. The molecular weight excluding hydrogens is 343 g/mol. The van der Waals surface area contributed by atoms with Crippen LogP contribution in [0.3, 0.4) is 0 Å². The molecule has 0 atom stereocenters. The van der Waals surface area contributed by atoms with Crippen molar-refractivity contribution in [1.82, 2.24) is 0 Å². The van der Waals surface area contributed by atoms with Gasteiger partial charge < -0.3 is 21.7 Å². The third kappa shape index (κ3) is 3460. The number of hydrogen-bond donors (Lipinski definition) is 0. The van der Waals surface area contributed by atoms with Crippen LogP contribution in [0.4, 0.5) is 0 Å². The monoisotopic (exact) mass is 370 g/mol. The molecule has 1 N–H and O–H groups in total. The van der Waals surface area contributed by atoms with E-state index < -0.39 is 0 Å². The van der Waals surface area contributed by atoms with Crippen LogP contribution in [0.25, 0.3) is 21.7 Å². The molecule has 86 valence electrons. The van der Waals surface area contributed by atoms with Crippen molar-refractivity contribution in [3.63, 3.8) is 0 Å². The van der Waals surface area contributed by atoms with Gasteiger partial charge in [0.05, 0.1) is 0 Å². The van der Waals surface area contributed by atoms with Gasteiger partial charge in [-0.25, -0.2) is 0 Å². The summed E-state index contributed by atoms with van der Waals surface area (Å²) < 4.78 is 0. The molecular formula is C9H26HfN4. The van der Waals surface area contributed by atoms with E-state index in [1.807, 2.05) is 13.8 Å². The van der Waals surface area contributed by atoms with Crippen LogP contribution in [-0.2, 0) is 25.8 Å². The molecule has 0 aromatic carbocycles. The summed E-state index contributed by atoms with van der Waals surface area (Å²) in [5.74, 6) is 0. The summed E-state index contributed by atoms with van der Waals surface area (Å²) in [5, 5.41) is 10.5. The van der Waals surface area contributed by atoms with Crippen LogP contribution in [0.15, 0.2) is 0 Å². The van der Waals surface area contributed by atoms with Crippen molar-refractivity contribution in [3.8, 4) is 0 Å². The molecule has 0 aliphatic rings. The second-order valence-corrected chi connectivity index (χ2v) is 2.50. The molecule has 14 heavy (non-hydrogen) atoms. The van der Waals surface area contributed by atoms with Crippen LogP contribution >= 0.6 is 0 Å². The van der Waals surface area contributed by atoms with Gasteiger partial charge in [-0.05, 0) is 0 Å². The SMILES string of the molecule is CC(C)[NH-].C[N-]C.C[N-]C.C[N-]C.[Hf+4]. The molecule has 0 saturated heterocycles. The van der Waals surface area contributed by atoms with Gasteiger partial charge in [0.2, 0.25) is 0 Å². The van der Waals surface area contributed by atoms with Gasteiger partial charge in [0, 0.05) is 0 Å². The Morgan fingerprint density at radius 1 is 0.714 bits per heavy atom. The van der Waals surface area contributed by atoms with Crippen molar-refractivity contribution >= 4 is 0 Å². The van der Waals surface area contributed by atoms with E-state index in [2.05, 4.69) is 16.0 Å². The van der Waals surface area contributed by atoms with Gasteiger partial charge in [0.15, 0.2) is 0 Å². The summed E-state index contributed by atoms with van der Waals surface area (Å²) in [6, 6.07) is 0.0833. The van der Waals surface area contributed by atoms with Crippen LogP contribution in [0.2, 0.25) is 0 Å². The Hall–Kier alpha value is 0.710. The molecule has 0 aromatic rings. The van der Waals surface area contributed by atoms with E-state index in [0.29, 0.717) is 0 Å². The van der Waals surface area contributed by atoms with E-state index in [1.165, 1.54) is 0 Å². The van der Waals surface area contributed by atoms with E-state index in [0.717, 1.165) is 0 Å². The zero-order chi connectivity index (χ0) is 11.7. The minimum atomic E-state index is 0. The Kier molecular flexibility index (Phi) is 103. The maximum Gasteiger partial charge on any atom is 4.00 e. The average molecular weight is 369 g/mol. The zero-order valence-electron chi connectivity index (χ0n) is 10.9. The van der Waals surface area contributed by atoms with Crippen molar-refractivity contribution in [2.24, 2.45) is 0 Å². The largest absolute Gasteiger partial charge is 4.00 e. The Bertz CT molecular complexity index is 38.3. The second kappa shape index (κ2) is 49.2. The summed E-state index contributed by atoms with van der Waals surface area (Å²) in [5.41, 5.74) is 6.58. The number of nitrogens with zero attached hydrogens (tertiary/aromatic N) is 3. The van der Waals surface area contributed by atoms with E-state index in [4.69, 9.17) is 5.73 Å². The fraction of sp³-hybridized carbons (Fsp3) is 1.00. The number of rotatable bonds is 0. The summed E-state index contributed by atoms with van der Waals surface area (Å²) in [7, 11) is 10.5. The molecule has 0 aliphatic carbocycles. The fourth-order valence-electron chi connectivity index (χ4n) is 0. The van der Waals surface area contributed by atoms with Crippen LogP contribution in [0, 0.1) is 0 Å². The molecule has 0 amide bonds. The van der Waals surface area contributed by atoms with Crippen molar-refractivity contribution in [3.05, 3.63) is 21.7 Å². The first-order chi connectivity index (χ1) is 5.97. The molecule has 0 fully saturated rings. The standard InChI is InChI=1S/C3H8N.3C2H6N.Hf/c1-3(2)4;3*1-3-2;/h3-4H,1-2H3;3*1-2H3;/q4*-1;+4. The van der Waals surface area contributed by atoms with Gasteiger partial charge in [-0.3, -0.25) is 0 Å². The molecule has 0 aromatic heterocycles. The molecule has 0 saturated carbocycles. The predicted molar refractivity (Wildman–Crippen MR) is 65.1 cm³/mol. The fourth-order valence-corrected chi connectivity index (χ4v) is 0. The van der Waals surface area contributed by atoms with Crippen LogP contribution in [0.5, 0.6) is 0 Å². The second-order valence-electron chi connectivity index (χ2n) is 2.50. The van der Waals surface area contributed by atoms with Crippen molar-refractivity contribution in [1.29, 1.82) is 0 Å². The Labute approximate surface area is 110 Å². The third-order valence-electron chi connectivity index (χ3n) is 0. The summed E-state index contributed by atoms with van der Waals surface area (Å²) >= 11 is 0. The number of hydrogen-bond acceptors (Lipinski definition) is 0. The van der Waals surface area contributed by atoms with Gasteiger partial charge in [-0.2, -0.15) is 42.3 Å². The molecule has 5 heteroatoms. The quantitative estimate of drug-likeness (QED) is 0.589. The first-order valence-corrected chi connectivity index (χ1v) is 4.13. The molecule has 0 aliphatic heterocycles. The molecule has 0 rings (SSSR count). The van der Waals surface area contributed by atoms with Crippen LogP contribution in [0.1, 0.15) is 13.8 Å². The minimum absolute atomic E-state index is 0. The first kappa shape index (κ1) is 29.3. The summed E-state index contributed by atoms with van der Waals surface area (Å²) in [6.07, 6.45) is 0.